The van der Waals surface area contributed by atoms with Crippen LogP contribution in [0.2, 0.25) is 0 Å². The summed E-state index contributed by atoms with van der Waals surface area (Å²) in [6.07, 6.45) is 3.85. The Morgan fingerprint density at radius 3 is 2.45 bits per heavy atom. The maximum Gasteiger partial charge on any atom is 0.257 e. The molecule has 1 N–H and O–H groups in total. The van der Waals surface area contributed by atoms with Gasteiger partial charge < -0.3 is 14.6 Å². The number of furan rings is 1. The van der Waals surface area contributed by atoms with Gasteiger partial charge in [-0.25, -0.2) is 0 Å². The van der Waals surface area contributed by atoms with Gasteiger partial charge in [0.25, 0.3) is 5.91 Å². The number of hydrogen-bond acceptors (Lipinski definition) is 3. The number of benzene rings is 2. The standard InChI is InChI=1S/C26H28N2O3/c1-19-23(14-16-31-19)26(30)28-15-8-13-22(18-28)25(29)27-24(21-11-6-3-7-12-21)17-20-9-4-2-5-10-20/h2-7,9-12,14,16,22,24H,8,13,15,17-18H2,1H3,(H,27,29)/t22-,24+/m0/s1. The lowest BCUT2D eigenvalue weighted by molar-refractivity contribution is -0.127. The topological polar surface area (TPSA) is 62.6 Å². The minimum absolute atomic E-state index is 0.00574. The zero-order valence-electron chi connectivity index (χ0n) is 17.8. The highest BCUT2D eigenvalue weighted by molar-refractivity contribution is 5.95. The fourth-order valence-corrected chi connectivity index (χ4v) is 4.23. The van der Waals surface area contributed by atoms with Crippen molar-refractivity contribution in [2.75, 3.05) is 13.1 Å². The van der Waals surface area contributed by atoms with Crippen molar-refractivity contribution >= 4 is 11.8 Å². The molecule has 0 spiro atoms. The highest BCUT2D eigenvalue weighted by atomic mass is 16.3. The summed E-state index contributed by atoms with van der Waals surface area (Å²) in [6, 6.07) is 21.8. The molecular formula is C26H28N2O3. The molecule has 3 aromatic rings. The minimum Gasteiger partial charge on any atom is -0.469 e. The van der Waals surface area contributed by atoms with E-state index < -0.39 is 0 Å². The Bertz CT molecular complexity index is 1010. The molecule has 4 rings (SSSR count). The first kappa shape index (κ1) is 20.9. The number of rotatable bonds is 6. The smallest absolute Gasteiger partial charge is 0.257 e. The highest BCUT2D eigenvalue weighted by Crippen LogP contribution is 2.23. The van der Waals surface area contributed by atoms with Crippen LogP contribution >= 0.6 is 0 Å². The van der Waals surface area contributed by atoms with E-state index in [-0.39, 0.29) is 23.8 Å². The summed E-state index contributed by atoms with van der Waals surface area (Å²) in [5.41, 5.74) is 2.83. The minimum atomic E-state index is -0.216. The van der Waals surface area contributed by atoms with Crippen molar-refractivity contribution in [2.24, 2.45) is 5.92 Å². The van der Waals surface area contributed by atoms with Crippen molar-refractivity contribution in [2.45, 2.75) is 32.2 Å². The van der Waals surface area contributed by atoms with Gasteiger partial charge in [-0.05, 0) is 43.4 Å². The van der Waals surface area contributed by atoms with E-state index in [2.05, 4.69) is 17.4 Å². The second kappa shape index (κ2) is 9.65. The Hall–Kier alpha value is -3.34. The zero-order valence-corrected chi connectivity index (χ0v) is 17.8. The van der Waals surface area contributed by atoms with E-state index in [1.807, 2.05) is 48.5 Å². The van der Waals surface area contributed by atoms with Gasteiger partial charge in [0.05, 0.1) is 23.8 Å². The van der Waals surface area contributed by atoms with Crippen LogP contribution in [0.25, 0.3) is 0 Å². The molecule has 0 radical (unpaired) electrons. The predicted octanol–water partition coefficient (Wildman–Crippen LogP) is 4.54. The van der Waals surface area contributed by atoms with Crippen molar-refractivity contribution in [3.8, 4) is 0 Å². The van der Waals surface area contributed by atoms with E-state index >= 15 is 0 Å². The van der Waals surface area contributed by atoms with Crippen LogP contribution < -0.4 is 5.32 Å². The first-order valence-corrected chi connectivity index (χ1v) is 10.8. The average molecular weight is 417 g/mol. The molecule has 1 aromatic heterocycles. The molecule has 1 aliphatic heterocycles. The highest BCUT2D eigenvalue weighted by Gasteiger charge is 2.31. The Morgan fingerprint density at radius 2 is 1.77 bits per heavy atom. The molecule has 1 fully saturated rings. The number of carbonyl (C=O) groups is 2. The van der Waals surface area contributed by atoms with Crippen molar-refractivity contribution < 1.29 is 14.0 Å². The molecule has 0 unspecified atom stereocenters. The molecule has 2 atom stereocenters. The second-order valence-electron chi connectivity index (χ2n) is 8.14. The van der Waals surface area contributed by atoms with Crippen LogP contribution in [-0.4, -0.2) is 29.8 Å². The van der Waals surface area contributed by atoms with Crippen molar-refractivity contribution in [3.05, 3.63) is 95.4 Å². The van der Waals surface area contributed by atoms with Gasteiger partial charge in [-0.2, -0.15) is 0 Å². The SMILES string of the molecule is Cc1occc1C(=O)N1CCC[C@H](C(=O)N[C@H](Cc2ccccc2)c2ccccc2)C1. The molecular weight excluding hydrogens is 388 g/mol. The van der Waals surface area contributed by atoms with Crippen molar-refractivity contribution in [1.29, 1.82) is 0 Å². The first-order valence-electron chi connectivity index (χ1n) is 10.8. The Balaban J connectivity index is 1.46. The van der Waals surface area contributed by atoms with E-state index in [4.69, 9.17) is 4.42 Å². The van der Waals surface area contributed by atoms with Crippen LogP contribution in [0.1, 0.15) is 46.1 Å². The summed E-state index contributed by atoms with van der Waals surface area (Å²) in [6.45, 7) is 2.89. The summed E-state index contributed by atoms with van der Waals surface area (Å²) in [5, 5.41) is 3.26. The molecule has 2 amide bonds. The third-order valence-corrected chi connectivity index (χ3v) is 5.97. The fourth-order valence-electron chi connectivity index (χ4n) is 4.23. The van der Waals surface area contributed by atoms with Gasteiger partial charge in [0.1, 0.15) is 5.76 Å². The van der Waals surface area contributed by atoms with Gasteiger partial charge >= 0.3 is 0 Å². The number of aryl methyl sites for hydroxylation is 1. The molecule has 0 bridgehead atoms. The van der Waals surface area contributed by atoms with E-state index in [9.17, 15) is 9.59 Å². The molecule has 2 heterocycles. The number of nitrogens with one attached hydrogen (secondary N) is 1. The molecule has 0 aliphatic carbocycles. The monoisotopic (exact) mass is 416 g/mol. The van der Waals surface area contributed by atoms with Crippen LogP contribution in [0.4, 0.5) is 0 Å². The van der Waals surface area contributed by atoms with Gasteiger partial charge in [0, 0.05) is 13.1 Å². The van der Waals surface area contributed by atoms with Crippen LogP contribution in [0, 0.1) is 12.8 Å². The number of likely N-dealkylation sites (tertiary alicyclic amines) is 1. The van der Waals surface area contributed by atoms with Crippen molar-refractivity contribution in [3.63, 3.8) is 0 Å². The Morgan fingerprint density at radius 1 is 1.06 bits per heavy atom. The maximum absolute atomic E-state index is 13.2. The van der Waals surface area contributed by atoms with Crippen LogP contribution in [0.5, 0.6) is 0 Å². The molecule has 2 aromatic carbocycles. The molecule has 160 valence electrons. The van der Waals surface area contributed by atoms with Crippen LogP contribution in [-0.2, 0) is 11.2 Å². The maximum atomic E-state index is 13.2. The van der Waals surface area contributed by atoms with Crippen LogP contribution in [0.3, 0.4) is 0 Å². The largest absolute Gasteiger partial charge is 0.469 e. The molecule has 5 heteroatoms. The van der Waals surface area contributed by atoms with E-state index in [1.54, 1.807) is 17.9 Å². The fraction of sp³-hybridized carbons (Fsp3) is 0.308. The summed E-state index contributed by atoms with van der Waals surface area (Å²) in [7, 11) is 0. The number of hydrogen-bond donors (Lipinski definition) is 1. The van der Waals surface area contributed by atoms with Gasteiger partial charge in [0.2, 0.25) is 5.91 Å². The third-order valence-electron chi connectivity index (χ3n) is 5.97. The average Bonchev–Trinajstić information content (AvgIpc) is 3.25. The zero-order chi connectivity index (χ0) is 21.6. The predicted molar refractivity (Wildman–Crippen MR) is 120 cm³/mol. The number of carbonyl (C=O) groups excluding carboxylic acids is 2. The van der Waals surface area contributed by atoms with E-state index in [0.717, 1.165) is 24.8 Å². The summed E-state index contributed by atoms with van der Waals surface area (Å²) in [4.78, 5) is 27.9. The first-order chi connectivity index (χ1) is 15.1. The van der Waals surface area contributed by atoms with Gasteiger partial charge in [-0.3, -0.25) is 9.59 Å². The van der Waals surface area contributed by atoms with Crippen molar-refractivity contribution in [1.82, 2.24) is 10.2 Å². The molecule has 1 aliphatic rings. The normalized spacial score (nSPS) is 17.2. The summed E-state index contributed by atoms with van der Waals surface area (Å²) < 4.78 is 5.28. The molecule has 31 heavy (non-hydrogen) atoms. The van der Waals surface area contributed by atoms with Gasteiger partial charge in [-0.15, -0.1) is 0 Å². The molecule has 0 saturated carbocycles. The summed E-state index contributed by atoms with van der Waals surface area (Å²) >= 11 is 0. The second-order valence-corrected chi connectivity index (χ2v) is 8.14. The number of amides is 2. The lowest BCUT2D eigenvalue weighted by Gasteiger charge is -2.33. The Kier molecular flexibility index (Phi) is 6.51. The van der Waals surface area contributed by atoms with Crippen LogP contribution in [0.15, 0.2) is 77.4 Å². The summed E-state index contributed by atoms with van der Waals surface area (Å²) in [5.74, 6) is 0.342. The molecule has 1 saturated heterocycles. The number of piperidine rings is 1. The van der Waals surface area contributed by atoms with Gasteiger partial charge in [0.15, 0.2) is 0 Å². The molecule has 5 nitrogen and oxygen atoms in total. The Labute approximate surface area is 183 Å². The third kappa shape index (κ3) is 5.05. The van der Waals surface area contributed by atoms with E-state index in [1.165, 1.54) is 11.8 Å². The quantitative estimate of drug-likeness (QED) is 0.642. The van der Waals surface area contributed by atoms with Gasteiger partial charge in [-0.1, -0.05) is 60.7 Å². The lowest BCUT2D eigenvalue weighted by atomic mass is 9.94. The number of nitrogens with zero attached hydrogens (tertiary/aromatic N) is 1. The van der Waals surface area contributed by atoms with E-state index in [0.29, 0.717) is 24.4 Å². The lowest BCUT2D eigenvalue weighted by Crippen LogP contribution is -2.46.